The molecule has 238 valence electrons. The number of carbonyl (C=O) groups is 1. The molecule has 0 spiro atoms. The van der Waals surface area contributed by atoms with Gasteiger partial charge in [-0.1, -0.05) is 54.1 Å². The summed E-state index contributed by atoms with van der Waals surface area (Å²) in [7, 11) is 0.200. The molecule has 0 bridgehead atoms. The number of benzene rings is 3. The fourth-order valence-electron chi connectivity index (χ4n) is 4.71. The zero-order chi connectivity index (χ0) is 30.8. The van der Waals surface area contributed by atoms with E-state index in [1.807, 2.05) is 67.5 Å². The lowest BCUT2D eigenvalue weighted by atomic mass is 10.1. The van der Waals surface area contributed by atoms with Crippen LogP contribution >= 0.6 is 24.0 Å². The number of hydrogen-bond acceptors (Lipinski definition) is 8. The Morgan fingerprint density at radius 3 is 2.18 bits per heavy atom. The highest BCUT2D eigenvalue weighted by molar-refractivity contribution is 7.89. The van der Waals surface area contributed by atoms with E-state index >= 15 is 0 Å². The molecule has 4 aromatic rings. The topological polar surface area (TPSA) is 122 Å². The van der Waals surface area contributed by atoms with E-state index in [0.717, 1.165) is 34.1 Å². The van der Waals surface area contributed by atoms with Gasteiger partial charge in [0.15, 0.2) is 5.15 Å². The minimum atomic E-state index is -3.67. The van der Waals surface area contributed by atoms with Gasteiger partial charge in [0.1, 0.15) is 5.69 Å². The number of carbonyl (C=O) groups excluding carboxylic acids is 1. The molecule has 44 heavy (non-hydrogen) atoms. The largest absolute Gasteiger partial charge is 0.383 e. The summed E-state index contributed by atoms with van der Waals surface area (Å²) in [5, 5.41) is 8.80. The van der Waals surface area contributed by atoms with Gasteiger partial charge < -0.3 is 25.0 Å². The van der Waals surface area contributed by atoms with E-state index < -0.39 is 10.0 Å². The Hall–Kier alpha value is -3.19. The van der Waals surface area contributed by atoms with Crippen LogP contribution in [0.25, 0.3) is 21.7 Å². The molecule has 3 aromatic carbocycles. The number of halogens is 2. The quantitative estimate of drug-likeness (QED) is 0.103. The summed E-state index contributed by atoms with van der Waals surface area (Å²) >= 11 is 6.34. The van der Waals surface area contributed by atoms with Gasteiger partial charge in [-0.2, -0.15) is 0 Å². The number of nitrogens with one attached hydrogen (secondary N) is 3. The molecule has 0 saturated heterocycles. The molecule has 4 rings (SSSR count). The lowest BCUT2D eigenvalue weighted by Crippen LogP contribution is -2.26. The molecule has 0 saturated carbocycles. The molecule has 0 aliphatic carbocycles. The van der Waals surface area contributed by atoms with Crippen LogP contribution in [0.2, 0.25) is 5.15 Å². The third kappa shape index (κ3) is 9.16. The number of rotatable bonds is 16. The Bertz CT molecular complexity index is 1670. The third-order valence-electron chi connectivity index (χ3n) is 6.68. The lowest BCUT2D eigenvalue weighted by molar-refractivity contribution is -0.114. The number of fused-ring (bicyclic) bond motifs is 2. The first-order valence-corrected chi connectivity index (χ1v) is 16.0. The van der Waals surface area contributed by atoms with Crippen molar-refractivity contribution >= 4 is 78.7 Å². The molecule has 1 aromatic heterocycles. The minimum absolute atomic E-state index is 0. The SMILES string of the molecule is CC(=O)Nc1c(Cl)nc2ccccc2c1NCCCOCCOCCCNS(=O)(=O)c1cccc2c(N(C)C)cccc12.Cl. The first kappa shape index (κ1) is 35.3. The first-order chi connectivity index (χ1) is 20.7. The second kappa shape index (κ2) is 16.8. The molecule has 13 heteroatoms. The Kier molecular flexibility index (Phi) is 13.4. The van der Waals surface area contributed by atoms with Crippen molar-refractivity contribution in [2.45, 2.75) is 24.7 Å². The van der Waals surface area contributed by atoms with Crippen molar-refractivity contribution in [2.75, 3.05) is 69.1 Å². The molecule has 1 heterocycles. The Morgan fingerprint density at radius 1 is 0.841 bits per heavy atom. The van der Waals surface area contributed by atoms with Gasteiger partial charge in [-0.15, -0.1) is 12.4 Å². The molecule has 10 nitrogen and oxygen atoms in total. The highest BCUT2D eigenvalue weighted by Crippen LogP contribution is 2.36. The van der Waals surface area contributed by atoms with E-state index in [9.17, 15) is 13.2 Å². The number of pyridine rings is 1. The van der Waals surface area contributed by atoms with Crippen LogP contribution in [0.1, 0.15) is 19.8 Å². The summed E-state index contributed by atoms with van der Waals surface area (Å²) < 4.78 is 40.0. The van der Waals surface area contributed by atoms with Crippen LogP contribution in [0.5, 0.6) is 0 Å². The van der Waals surface area contributed by atoms with Gasteiger partial charge in [-0.05, 0) is 31.0 Å². The fraction of sp³-hybridized carbons (Fsp3) is 0.355. The van der Waals surface area contributed by atoms with E-state index in [4.69, 9.17) is 21.1 Å². The number of amides is 1. The van der Waals surface area contributed by atoms with Gasteiger partial charge in [0, 0.05) is 69.2 Å². The van der Waals surface area contributed by atoms with Gasteiger partial charge in [-0.3, -0.25) is 4.79 Å². The maximum absolute atomic E-state index is 13.0. The molecule has 0 atom stereocenters. The van der Waals surface area contributed by atoms with Crippen LogP contribution < -0.4 is 20.3 Å². The Morgan fingerprint density at radius 2 is 1.48 bits per heavy atom. The molecule has 0 aliphatic heterocycles. The molecule has 0 unspecified atom stereocenters. The predicted molar refractivity (Wildman–Crippen MR) is 181 cm³/mol. The van der Waals surface area contributed by atoms with Crippen molar-refractivity contribution in [3.63, 3.8) is 0 Å². The normalized spacial score (nSPS) is 11.4. The van der Waals surface area contributed by atoms with Gasteiger partial charge >= 0.3 is 0 Å². The average Bonchev–Trinajstić information content (AvgIpc) is 2.98. The smallest absolute Gasteiger partial charge is 0.241 e. The van der Waals surface area contributed by atoms with E-state index in [2.05, 4.69) is 20.3 Å². The van der Waals surface area contributed by atoms with Crippen LogP contribution in [-0.4, -0.2) is 72.9 Å². The second-order valence-electron chi connectivity index (χ2n) is 10.1. The summed E-state index contributed by atoms with van der Waals surface area (Å²) in [5.74, 6) is -0.230. The van der Waals surface area contributed by atoms with Crippen molar-refractivity contribution in [3.05, 3.63) is 65.8 Å². The first-order valence-electron chi connectivity index (χ1n) is 14.1. The number of anilines is 3. The van der Waals surface area contributed by atoms with Crippen LogP contribution in [0, 0.1) is 0 Å². The van der Waals surface area contributed by atoms with Crippen molar-refractivity contribution in [1.82, 2.24) is 9.71 Å². The van der Waals surface area contributed by atoms with Crippen molar-refractivity contribution in [1.29, 1.82) is 0 Å². The Balaban J connectivity index is 0.00000529. The molecular weight excluding hydrogens is 625 g/mol. The number of ether oxygens (including phenoxy) is 2. The Labute approximate surface area is 269 Å². The highest BCUT2D eigenvalue weighted by Gasteiger charge is 2.18. The summed E-state index contributed by atoms with van der Waals surface area (Å²) in [6.07, 6.45) is 1.26. The molecule has 1 amide bonds. The van der Waals surface area contributed by atoms with Crippen molar-refractivity contribution in [3.8, 4) is 0 Å². The molecule has 0 fully saturated rings. The maximum Gasteiger partial charge on any atom is 0.241 e. The zero-order valence-corrected chi connectivity index (χ0v) is 27.4. The number of aromatic nitrogens is 1. The van der Waals surface area contributed by atoms with Gasteiger partial charge in [0.25, 0.3) is 0 Å². The molecular formula is C31H39Cl2N5O5S. The zero-order valence-electron chi connectivity index (χ0n) is 25.1. The van der Waals surface area contributed by atoms with E-state index in [-0.39, 0.29) is 34.9 Å². The summed E-state index contributed by atoms with van der Waals surface area (Å²) in [4.78, 5) is 18.3. The van der Waals surface area contributed by atoms with E-state index in [1.54, 1.807) is 12.1 Å². The number of nitrogens with zero attached hydrogens (tertiary/aromatic N) is 2. The highest BCUT2D eigenvalue weighted by atomic mass is 35.5. The molecule has 3 N–H and O–H groups in total. The number of sulfonamides is 1. The van der Waals surface area contributed by atoms with Gasteiger partial charge in [0.05, 0.1) is 29.3 Å². The van der Waals surface area contributed by atoms with E-state index in [1.165, 1.54) is 6.92 Å². The number of para-hydroxylation sites is 1. The summed E-state index contributed by atoms with van der Waals surface area (Å²) in [6.45, 7) is 4.07. The lowest BCUT2D eigenvalue weighted by Gasteiger charge is -2.17. The summed E-state index contributed by atoms with van der Waals surface area (Å²) in [5.41, 5.74) is 2.88. The third-order valence-corrected chi connectivity index (χ3v) is 8.47. The van der Waals surface area contributed by atoms with Crippen molar-refractivity contribution in [2.24, 2.45) is 0 Å². The average molecular weight is 665 g/mol. The van der Waals surface area contributed by atoms with Crippen LogP contribution in [0.15, 0.2) is 65.6 Å². The van der Waals surface area contributed by atoms with Crippen LogP contribution in [-0.2, 0) is 24.3 Å². The van der Waals surface area contributed by atoms with Crippen LogP contribution in [0.3, 0.4) is 0 Å². The van der Waals surface area contributed by atoms with Gasteiger partial charge in [-0.25, -0.2) is 18.1 Å². The summed E-state index contributed by atoms with van der Waals surface area (Å²) in [6, 6.07) is 18.6. The molecule has 0 aliphatic rings. The maximum atomic E-state index is 13.0. The standard InChI is InChI=1S/C31H38ClN5O5S.ClH/c1-22(38)35-30-29(25-10-4-5-13-26(25)36-31(30)32)33-16-8-18-41-20-21-42-19-9-17-34-43(39,40)28-15-7-11-23-24(28)12-6-14-27(23)37(2)3;/h4-7,10-15,34H,8-9,16-21H2,1-3H3,(H,33,36)(H,35,38);1H. The minimum Gasteiger partial charge on any atom is -0.383 e. The van der Waals surface area contributed by atoms with Crippen molar-refractivity contribution < 1.29 is 22.7 Å². The predicted octanol–water partition coefficient (Wildman–Crippen LogP) is 5.69. The van der Waals surface area contributed by atoms with Crippen LogP contribution in [0.4, 0.5) is 17.1 Å². The number of hydrogen-bond donors (Lipinski definition) is 3. The monoisotopic (exact) mass is 663 g/mol. The van der Waals surface area contributed by atoms with E-state index in [0.29, 0.717) is 50.5 Å². The molecule has 0 radical (unpaired) electrons. The van der Waals surface area contributed by atoms with Gasteiger partial charge in [0.2, 0.25) is 15.9 Å². The fourth-order valence-corrected chi connectivity index (χ4v) is 6.24. The second-order valence-corrected chi connectivity index (χ2v) is 12.2.